The Morgan fingerprint density at radius 1 is 1.23 bits per heavy atom. The molecule has 122 valence electrons. The van der Waals surface area contributed by atoms with E-state index in [-0.39, 0.29) is 11.9 Å². The second kappa shape index (κ2) is 8.94. The van der Waals surface area contributed by atoms with Crippen LogP contribution < -0.4 is 10.6 Å². The number of benzene rings is 1. The van der Waals surface area contributed by atoms with E-state index in [4.69, 9.17) is 0 Å². The summed E-state index contributed by atoms with van der Waals surface area (Å²) in [6.45, 7) is 6.62. The normalized spacial score (nSPS) is 17.4. The summed E-state index contributed by atoms with van der Waals surface area (Å²) in [5.74, 6) is 1.48. The van der Waals surface area contributed by atoms with Crippen molar-refractivity contribution in [3.05, 3.63) is 35.9 Å². The minimum atomic E-state index is 0.140. The molecule has 0 saturated carbocycles. The molecule has 1 heterocycles. The molecule has 22 heavy (non-hydrogen) atoms. The van der Waals surface area contributed by atoms with Crippen LogP contribution in [-0.4, -0.2) is 19.0 Å². The van der Waals surface area contributed by atoms with Gasteiger partial charge in [0.1, 0.15) is 0 Å². The highest BCUT2D eigenvalue weighted by Crippen LogP contribution is 2.22. The van der Waals surface area contributed by atoms with Gasteiger partial charge in [-0.15, -0.1) is 0 Å². The monoisotopic (exact) mass is 302 g/mol. The van der Waals surface area contributed by atoms with Crippen LogP contribution in [0.15, 0.2) is 30.3 Å². The van der Waals surface area contributed by atoms with E-state index in [0.717, 1.165) is 25.9 Å². The van der Waals surface area contributed by atoms with Crippen LogP contribution in [-0.2, 0) is 4.79 Å². The van der Waals surface area contributed by atoms with Gasteiger partial charge >= 0.3 is 0 Å². The van der Waals surface area contributed by atoms with E-state index >= 15 is 0 Å². The first kappa shape index (κ1) is 17.0. The molecule has 1 aliphatic heterocycles. The van der Waals surface area contributed by atoms with Gasteiger partial charge in [0.05, 0.1) is 6.04 Å². The molecule has 1 amide bonds. The lowest BCUT2D eigenvalue weighted by Crippen LogP contribution is -2.31. The minimum Gasteiger partial charge on any atom is -0.349 e. The lowest BCUT2D eigenvalue weighted by atomic mass is 9.92. The van der Waals surface area contributed by atoms with Crippen LogP contribution in [0.4, 0.5) is 0 Å². The molecule has 0 aromatic heterocycles. The van der Waals surface area contributed by atoms with Crippen molar-refractivity contribution >= 4 is 5.91 Å². The van der Waals surface area contributed by atoms with E-state index in [1.165, 1.54) is 18.4 Å². The van der Waals surface area contributed by atoms with Crippen molar-refractivity contribution in [3.8, 4) is 0 Å². The van der Waals surface area contributed by atoms with Gasteiger partial charge < -0.3 is 10.6 Å². The van der Waals surface area contributed by atoms with Gasteiger partial charge in [-0.3, -0.25) is 4.79 Å². The third-order valence-electron chi connectivity index (χ3n) is 4.48. The molecule has 0 radical (unpaired) electrons. The van der Waals surface area contributed by atoms with E-state index in [1.54, 1.807) is 0 Å². The molecule has 0 bridgehead atoms. The maximum Gasteiger partial charge on any atom is 0.220 e. The highest BCUT2D eigenvalue weighted by molar-refractivity contribution is 5.76. The summed E-state index contributed by atoms with van der Waals surface area (Å²) >= 11 is 0. The Hall–Kier alpha value is -1.35. The zero-order chi connectivity index (χ0) is 15.8. The molecule has 0 spiro atoms. The summed E-state index contributed by atoms with van der Waals surface area (Å²) in [6.07, 6.45) is 5.09. The Labute approximate surface area is 134 Å². The van der Waals surface area contributed by atoms with Crippen molar-refractivity contribution in [1.29, 1.82) is 0 Å². The predicted molar refractivity (Wildman–Crippen MR) is 91.6 cm³/mol. The molecule has 1 unspecified atom stereocenters. The molecule has 1 fully saturated rings. The molecule has 2 rings (SSSR count). The first-order chi connectivity index (χ1) is 10.6. The number of rotatable bonds is 7. The fourth-order valence-electron chi connectivity index (χ4n) is 3.21. The summed E-state index contributed by atoms with van der Waals surface area (Å²) < 4.78 is 0. The Morgan fingerprint density at radius 2 is 1.91 bits per heavy atom. The third-order valence-corrected chi connectivity index (χ3v) is 4.48. The van der Waals surface area contributed by atoms with Crippen molar-refractivity contribution in [1.82, 2.24) is 10.6 Å². The van der Waals surface area contributed by atoms with Gasteiger partial charge in [-0.1, -0.05) is 44.2 Å². The van der Waals surface area contributed by atoms with E-state index in [9.17, 15) is 4.79 Å². The van der Waals surface area contributed by atoms with Crippen molar-refractivity contribution in [2.75, 3.05) is 13.1 Å². The van der Waals surface area contributed by atoms with Gasteiger partial charge in [-0.25, -0.2) is 0 Å². The summed E-state index contributed by atoms with van der Waals surface area (Å²) in [4.78, 5) is 12.3. The van der Waals surface area contributed by atoms with Crippen molar-refractivity contribution in [2.45, 2.75) is 52.0 Å². The van der Waals surface area contributed by atoms with Gasteiger partial charge in [-0.2, -0.15) is 0 Å². The topological polar surface area (TPSA) is 41.1 Å². The molecule has 0 aliphatic carbocycles. The Morgan fingerprint density at radius 3 is 2.55 bits per heavy atom. The summed E-state index contributed by atoms with van der Waals surface area (Å²) in [7, 11) is 0. The van der Waals surface area contributed by atoms with Crippen LogP contribution in [0, 0.1) is 11.8 Å². The largest absolute Gasteiger partial charge is 0.349 e. The second-order valence-electron chi connectivity index (χ2n) is 6.89. The maximum absolute atomic E-state index is 12.3. The Bertz CT molecular complexity index is 438. The SMILES string of the molecule is CC(C)CC(NC(=O)CCC1CCNCC1)c1ccccc1. The van der Waals surface area contributed by atoms with E-state index in [2.05, 4.69) is 36.6 Å². The van der Waals surface area contributed by atoms with Crippen LogP contribution in [0.1, 0.15) is 57.6 Å². The molecule has 2 N–H and O–H groups in total. The lowest BCUT2D eigenvalue weighted by molar-refractivity contribution is -0.122. The van der Waals surface area contributed by atoms with E-state index < -0.39 is 0 Å². The first-order valence-corrected chi connectivity index (χ1v) is 8.70. The molecule has 3 heteroatoms. The van der Waals surface area contributed by atoms with Crippen LogP contribution >= 0.6 is 0 Å². The molecule has 1 atom stereocenters. The van der Waals surface area contributed by atoms with Crippen molar-refractivity contribution in [3.63, 3.8) is 0 Å². The number of nitrogens with one attached hydrogen (secondary N) is 2. The smallest absolute Gasteiger partial charge is 0.220 e. The number of carbonyl (C=O) groups is 1. The highest BCUT2D eigenvalue weighted by atomic mass is 16.1. The van der Waals surface area contributed by atoms with Crippen molar-refractivity contribution in [2.24, 2.45) is 11.8 Å². The highest BCUT2D eigenvalue weighted by Gasteiger charge is 2.18. The predicted octanol–water partition coefficient (Wildman–Crippen LogP) is 3.67. The van der Waals surface area contributed by atoms with Gasteiger partial charge in [0.15, 0.2) is 0 Å². The maximum atomic E-state index is 12.3. The number of hydrogen-bond acceptors (Lipinski definition) is 2. The molecule has 1 aliphatic rings. The first-order valence-electron chi connectivity index (χ1n) is 8.70. The molecule has 1 aromatic rings. The fraction of sp³-hybridized carbons (Fsp3) is 0.632. The quantitative estimate of drug-likeness (QED) is 0.807. The Balaban J connectivity index is 1.84. The number of carbonyl (C=O) groups excluding carboxylic acids is 1. The van der Waals surface area contributed by atoms with Crippen LogP contribution in [0.25, 0.3) is 0 Å². The average Bonchev–Trinajstić information content (AvgIpc) is 2.54. The average molecular weight is 302 g/mol. The molecular weight excluding hydrogens is 272 g/mol. The van der Waals surface area contributed by atoms with Crippen LogP contribution in [0.2, 0.25) is 0 Å². The lowest BCUT2D eigenvalue weighted by Gasteiger charge is -2.24. The third kappa shape index (κ3) is 5.80. The van der Waals surface area contributed by atoms with Gasteiger partial charge in [0.2, 0.25) is 5.91 Å². The molecule has 1 aromatic carbocycles. The summed E-state index contributed by atoms with van der Waals surface area (Å²) in [5, 5.41) is 6.63. The van der Waals surface area contributed by atoms with Crippen LogP contribution in [0.5, 0.6) is 0 Å². The van der Waals surface area contributed by atoms with Gasteiger partial charge in [-0.05, 0) is 56.2 Å². The number of hydrogen-bond donors (Lipinski definition) is 2. The molecule has 1 saturated heterocycles. The fourth-order valence-corrected chi connectivity index (χ4v) is 3.21. The minimum absolute atomic E-state index is 0.140. The van der Waals surface area contributed by atoms with Crippen molar-refractivity contribution < 1.29 is 4.79 Å². The van der Waals surface area contributed by atoms with Gasteiger partial charge in [0, 0.05) is 6.42 Å². The molecule has 3 nitrogen and oxygen atoms in total. The van der Waals surface area contributed by atoms with E-state index in [0.29, 0.717) is 18.3 Å². The van der Waals surface area contributed by atoms with E-state index in [1.807, 2.05) is 18.2 Å². The zero-order valence-corrected chi connectivity index (χ0v) is 14.0. The summed E-state index contributed by atoms with van der Waals surface area (Å²) in [5.41, 5.74) is 1.21. The standard InChI is InChI=1S/C19H30N2O/c1-15(2)14-18(17-6-4-3-5-7-17)21-19(22)9-8-16-10-12-20-13-11-16/h3-7,15-16,18,20H,8-14H2,1-2H3,(H,21,22). The Kier molecular flexibility index (Phi) is 6.91. The van der Waals surface area contributed by atoms with Crippen LogP contribution in [0.3, 0.4) is 0 Å². The summed E-state index contributed by atoms with van der Waals surface area (Å²) in [6, 6.07) is 10.5. The number of amides is 1. The zero-order valence-electron chi connectivity index (χ0n) is 14.0. The van der Waals surface area contributed by atoms with Gasteiger partial charge in [0.25, 0.3) is 0 Å². The number of piperidine rings is 1. The second-order valence-corrected chi connectivity index (χ2v) is 6.89. The molecular formula is C19H30N2O.